The molecule has 2 N–H and O–H groups in total. The predicted octanol–water partition coefficient (Wildman–Crippen LogP) is 1.82. The number of nitrogens with one attached hydrogen (secondary N) is 1. The molecule has 0 aliphatic carbocycles. The number of carboxylic acid groups (broad SMARTS) is 1. The average Bonchev–Trinajstić information content (AvgIpc) is 2.95. The molecule has 2 heterocycles. The third kappa shape index (κ3) is 3.10. The molecule has 2 aromatic rings. The molecule has 1 fully saturated rings. The van der Waals surface area contributed by atoms with Crippen LogP contribution in [0.3, 0.4) is 0 Å². The third-order valence-corrected chi connectivity index (χ3v) is 4.21. The van der Waals surface area contributed by atoms with Crippen molar-refractivity contribution in [3.8, 4) is 0 Å². The van der Waals surface area contributed by atoms with Crippen LogP contribution in [0.5, 0.6) is 0 Å². The number of rotatable bonds is 4. The van der Waals surface area contributed by atoms with Crippen molar-refractivity contribution in [2.45, 2.75) is 25.7 Å². The molecule has 0 radical (unpaired) electrons. The Labute approximate surface area is 128 Å². The number of benzene rings is 1. The average molecular weight is 301 g/mol. The highest BCUT2D eigenvalue weighted by Crippen LogP contribution is 2.18. The fourth-order valence-corrected chi connectivity index (χ4v) is 2.88. The lowest BCUT2D eigenvalue weighted by molar-refractivity contribution is -0.145. The standard InChI is InChI=1S/C16H19N3O3/c20-15(19-9-7-11(8-10-19)16(21)22)6-5-14-17-12-3-1-2-4-13(12)18-14/h1-4,11H,5-10H2,(H,17,18)(H,21,22). The van der Waals surface area contributed by atoms with Crippen LogP contribution < -0.4 is 0 Å². The molecule has 6 heteroatoms. The second-order valence-corrected chi connectivity index (χ2v) is 5.69. The summed E-state index contributed by atoms with van der Waals surface area (Å²) < 4.78 is 0. The van der Waals surface area contributed by atoms with E-state index >= 15 is 0 Å². The van der Waals surface area contributed by atoms with Gasteiger partial charge in [-0.25, -0.2) is 4.98 Å². The Hall–Kier alpha value is -2.37. The predicted molar refractivity (Wildman–Crippen MR) is 81.4 cm³/mol. The number of H-pyrrole nitrogens is 1. The highest BCUT2D eigenvalue weighted by molar-refractivity contribution is 5.78. The number of aliphatic carboxylic acids is 1. The van der Waals surface area contributed by atoms with Gasteiger partial charge in [0.25, 0.3) is 0 Å². The molecular weight excluding hydrogens is 282 g/mol. The summed E-state index contributed by atoms with van der Waals surface area (Å²) in [6, 6.07) is 7.78. The largest absolute Gasteiger partial charge is 0.481 e. The molecule has 1 amide bonds. The maximum Gasteiger partial charge on any atom is 0.306 e. The lowest BCUT2D eigenvalue weighted by Crippen LogP contribution is -2.40. The molecule has 1 saturated heterocycles. The summed E-state index contributed by atoms with van der Waals surface area (Å²) in [6.07, 6.45) is 2.07. The first-order valence-corrected chi connectivity index (χ1v) is 7.57. The first-order chi connectivity index (χ1) is 10.6. The normalized spacial score (nSPS) is 16.1. The molecule has 1 aliphatic rings. The van der Waals surface area contributed by atoms with E-state index in [9.17, 15) is 9.59 Å². The minimum Gasteiger partial charge on any atom is -0.481 e. The van der Waals surface area contributed by atoms with E-state index in [4.69, 9.17) is 5.11 Å². The van der Waals surface area contributed by atoms with Crippen LogP contribution in [0.2, 0.25) is 0 Å². The Morgan fingerprint density at radius 2 is 2.00 bits per heavy atom. The maximum atomic E-state index is 12.2. The Balaban J connectivity index is 1.53. The lowest BCUT2D eigenvalue weighted by atomic mass is 9.97. The number of carboxylic acids is 1. The number of para-hydroxylation sites is 2. The zero-order valence-electron chi connectivity index (χ0n) is 12.3. The Kier molecular flexibility index (Phi) is 4.09. The number of aromatic nitrogens is 2. The van der Waals surface area contributed by atoms with E-state index in [-0.39, 0.29) is 11.8 Å². The van der Waals surface area contributed by atoms with Crippen LogP contribution in [0.1, 0.15) is 25.1 Å². The Bertz CT molecular complexity index is 654. The molecule has 22 heavy (non-hydrogen) atoms. The van der Waals surface area contributed by atoms with Crippen LogP contribution in [0.15, 0.2) is 24.3 Å². The summed E-state index contributed by atoms with van der Waals surface area (Å²) in [5, 5.41) is 8.97. The van der Waals surface area contributed by atoms with Gasteiger partial charge in [-0.2, -0.15) is 0 Å². The van der Waals surface area contributed by atoms with Crippen molar-refractivity contribution in [1.82, 2.24) is 14.9 Å². The maximum absolute atomic E-state index is 12.2. The molecule has 3 rings (SSSR count). The minimum atomic E-state index is -0.755. The highest BCUT2D eigenvalue weighted by atomic mass is 16.4. The van der Waals surface area contributed by atoms with Gasteiger partial charge in [-0.1, -0.05) is 12.1 Å². The van der Waals surface area contributed by atoms with E-state index < -0.39 is 5.97 Å². The van der Waals surface area contributed by atoms with Crippen molar-refractivity contribution >= 4 is 22.9 Å². The van der Waals surface area contributed by atoms with Gasteiger partial charge in [-0.3, -0.25) is 9.59 Å². The van der Waals surface area contributed by atoms with Crippen molar-refractivity contribution in [1.29, 1.82) is 0 Å². The molecule has 0 unspecified atom stereocenters. The number of piperidine rings is 1. The van der Waals surface area contributed by atoms with Gasteiger partial charge in [0.05, 0.1) is 17.0 Å². The topological polar surface area (TPSA) is 86.3 Å². The van der Waals surface area contributed by atoms with Gasteiger partial charge in [-0.05, 0) is 25.0 Å². The first-order valence-electron chi connectivity index (χ1n) is 7.57. The van der Waals surface area contributed by atoms with Crippen LogP contribution in [-0.2, 0) is 16.0 Å². The number of nitrogens with zero attached hydrogens (tertiary/aromatic N) is 2. The number of hydrogen-bond acceptors (Lipinski definition) is 3. The van der Waals surface area contributed by atoms with E-state index in [2.05, 4.69) is 9.97 Å². The quantitative estimate of drug-likeness (QED) is 0.902. The number of aromatic amines is 1. The monoisotopic (exact) mass is 301 g/mol. The summed E-state index contributed by atoms with van der Waals surface area (Å²) in [5.41, 5.74) is 1.89. The third-order valence-electron chi connectivity index (χ3n) is 4.21. The number of aryl methyl sites for hydroxylation is 1. The summed E-state index contributed by atoms with van der Waals surface area (Å²) in [6.45, 7) is 1.08. The summed E-state index contributed by atoms with van der Waals surface area (Å²) >= 11 is 0. The molecule has 116 valence electrons. The molecule has 0 atom stereocenters. The zero-order valence-corrected chi connectivity index (χ0v) is 12.3. The van der Waals surface area contributed by atoms with E-state index in [0.29, 0.717) is 38.8 Å². The number of hydrogen-bond donors (Lipinski definition) is 2. The van der Waals surface area contributed by atoms with Crippen LogP contribution in [0, 0.1) is 5.92 Å². The Morgan fingerprint density at radius 1 is 1.27 bits per heavy atom. The van der Waals surface area contributed by atoms with Gasteiger partial charge in [0.1, 0.15) is 5.82 Å². The number of carbonyl (C=O) groups excluding carboxylic acids is 1. The second kappa shape index (κ2) is 6.17. The van der Waals surface area contributed by atoms with Crippen molar-refractivity contribution in [2.24, 2.45) is 5.92 Å². The lowest BCUT2D eigenvalue weighted by Gasteiger charge is -2.30. The number of likely N-dealkylation sites (tertiary alicyclic amines) is 1. The van der Waals surface area contributed by atoms with Gasteiger partial charge < -0.3 is 15.0 Å². The van der Waals surface area contributed by atoms with Gasteiger partial charge in [-0.15, -0.1) is 0 Å². The summed E-state index contributed by atoms with van der Waals surface area (Å²) in [7, 11) is 0. The molecule has 1 aromatic carbocycles. The minimum absolute atomic E-state index is 0.0734. The molecule has 0 bridgehead atoms. The fraction of sp³-hybridized carbons (Fsp3) is 0.438. The molecular formula is C16H19N3O3. The van der Waals surface area contributed by atoms with Gasteiger partial charge in [0.2, 0.25) is 5.91 Å². The fourth-order valence-electron chi connectivity index (χ4n) is 2.88. The van der Waals surface area contributed by atoms with Crippen molar-refractivity contribution in [3.63, 3.8) is 0 Å². The Morgan fingerprint density at radius 3 is 2.68 bits per heavy atom. The van der Waals surface area contributed by atoms with Crippen molar-refractivity contribution in [2.75, 3.05) is 13.1 Å². The SMILES string of the molecule is O=C(O)C1CCN(C(=O)CCc2nc3ccccc3[nH]2)CC1. The van der Waals surface area contributed by atoms with Crippen LogP contribution in [-0.4, -0.2) is 44.9 Å². The number of amides is 1. The van der Waals surface area contributed by atoms with Crippen molar-refractivity contribution < 1.29 is 14.7 Å². The van der Waals surface area contributed by atoms with Crippen LogP contribution in [0.25, 0.3) is 11.0 Å². The van der Waals surface area contributed by atoms with E-state index in [1.807, 2.05) is 24.3 Å². The molecule has 1 aliphatic heterocycles. The molecule has 1 aromatic heterocycles. The first kappa shape index (κ1) is 14.6. The van der Waals surface area contributed by atoms with E-state index in [0.717, 1.165) is 16.9 Å². The molecule has 6 nitrogen and oxygen atoms in total. The summed E-state index contributed by atoms with van der Waals surface area (Å²) in [4.78, 5) is 32.6. The van der Waals surface area contributed by atoms with E-state index in [1.165, 1.54) is 0 Å². The molecule has 0 spiro atoms. The second-order valence-electron chi connectivity index (χ2n) is 5.69. The van der Waals surface area contributed by atoms with Crippen LogP contribution >= 0.6 is 0 Å². The highest BCUT2D eigenvalue weighted by Gasteiger charge is 2.26. The summed E-state index contributed by atoms with van der Waals surface area (Å²) in [5.74, 6) is -0.173. The van der Waals surface area contributed by atoms with E-state index in [1.54, 1.807) is 4.90 Å². The zero-order chi connectivity index (χ0) is 15.5. The van der Waals surface area contributed by atoms with Gasteiger partial charge in [0, 0.05) is 25.9 Å². The number of fused-ring (bicyclic) bond motifs is 1. The number of imidazole rings is 1. The molecule has 0 saturated carbocycles. The number of carbonyl (C=O) groups is 2. The van der Waals surface area contributed by atoms with Gasteiger partial charge >= 0.3 is 5.97 Å². The van der Waals surface area contributed by atoms with Crippen LogP contribution in [0.4, 0.5) is 0 Å². The van der Waals surface area contributed by atoms with Gasteiger partial charge in [0.15, 0.2) is 0 Å². The van der Waals surface area contributed by atoms with Crippen molar-refractivity contribution in [3.05, 3.63) is 30.1 Å². The smallest absolute Gasteiger partial charge is 0.306 e.